The van der Waals surface area contributed by atoms with E-state index in [1.54, 1.807) is 18.7 Å². The van der Waals surface area contributed by atoms with Gasteiger partial charge in [0, 0.05) is 24.5 Å². The van der Waals surface area contributed by atoms with Crippen LogP contribution in [0.3, 0.4) is 0 Å². The number of aromatic nitrogens is 5. The van der Waals surface area contributed by atoms with Gasteiger partial charge in [-0.15, -0.1) is 0 Å². The molecular formula is C25H26N6O3. The van der Waals surface area contributed by atoms with Crippen molar-refractivity contribution in [1.29, 1.82) is 0 Å². The van der Waals surface area contributed by atoms with Crippen molar-refractivity contribution in [2.45, 2.75) is 45.6 Å². The number of hydrogen-bond donors (Lipinski definition) is 1. The van der Waals surface area contributed by atoms with Crippen LogP contribution in [0.1, 0.15) is 35.8 Å². The maximum Gasteiger partial charge on any atom is 0.335 e. The third kappa shape index (κ3) is 4.34. The Bertz CT molecular complexity index is 1350. The summed E-state index contributed by atoms with van der Waals surface area (Å²) in [5.74, 6) is 0.803. The Morgan fingerprint density at radius 2 is 2.06 bits per heavy atom. The normalized spacial score (nSPS) is 17.7. The van der Waals surface area contributed by atoms with Gasteiger partial charge in [-0.1, -0.05) is 29.8 Å². The number of methoxy groups -OCH3 is 1. The zero-order valence-electron chi connectivity index (χ0n) is 19.4. The topological polar surface area (TPSA) is 104 Å². The first-order chi connectivity index (χ1) is 16.5. The van der Waals surface area contributed by atoms with Crippen molar-refractivity contribution < 1.29 is 14.3 Å². The summed E-state index contributed by atoms with van der Waals surface area (Å²) in [6.45, 7) is 4.64. The van der Waals surface area contributed by atoms with Crippen LogP contribution < -0.4 is 5.32 Å². The van der Waals surface area contributed by atoms with E-state index in [1.807, 2.05) is 23.6 Å². The van der Waals surface area contributed by atoms with Crippen LogP contribution in [-0.2, 0) is 20.8 Å². The van der Waals surface area contributed by atoms with Crippen molar-refractivity contribution in [1.82, 2.24) is 24.5 Å². The number of fused-ring (bicyclic) bond motifs is 1. The SMILES string of the molecule is COC(=O)C1CCC(n2cnc3c(NCc4cccc(C)c4)nc(-c4cncc(C)c4)nc32)O1. The minimum absolute atomic E-state index is 0.364. The predicted molar refractivity (Wildman–Crippen MR) is 127 cm³/mol. The number of pyridine rings is 1. The van der Waals surface area contributed by atoms with E-state index in [9.17, 15) is 4.79 Å². The summed E-state index contributed by atoms with van der Waals surface area (Å²) in [4.78, 5) is 30.5. The van der Waals surface area contributed by atoms with Gasteiger partial charge >= 0.3 is 5.97 Å². The molecule has 0 amide bonds. The number of imidazole rings is 1. The van der Waals surface area contributed by atoms with Crippen LogP contribution in [0.2, 0.25) is 0 Å². The molecule has 1 aliphatic heterocycles. The summed E-state index contributed by atoms with van der Waals surface area (Å²) in [5, 5.41) is 3.43. The third-order valence-electron chi connectivity index (χ3n) is 5.87. The number of anilines is 1. The van der Waals surface area contributed by atoms with E-state index >= 15 is 0 Å². The number of carbonyl (C=O) groups is 1. The van der Waals surface area contributed by atoms with E-state index in [4.69, 9.17) is 19.4 Å². The van der Waals surface area contributed by atoms with Crippen LogP contribution in [0.5, 0.6) is 0 Å². The quantitative estimate of drug-likeness (QED) is 0.433. The molecule has 1 saturated heterocycles. The fourth-order valence-electron chi connectivity index (χ4n) is 4.19. The molecule has 1 fully saturated rings. The van der Waals surface area contributed by atoms with Crippen molar-refractivity contribution in [2.24, 2.45) is 0 Å². The lowest BCUT2D eigenvalue weighted by atomic mass is 10.1. The Hall–Kier alpha value is -3.85. The number of nitrogens with one attached hydrogen (secondary N) is 1. The van der Waals surface area contributed by atoms with Crippen molar-refractivity contribution in [3.63, 3.8) is 0 Å². The van der Waals surface area contributed by atoms with E-state index in [0.29, 0.717) is 42.2 Å². The van der Waals surface area contributed by atoms with Gasteiger partial charge in [-0.05, 0) is 43.9 Å². The Labute approximate surface area is 197 Å². The minimum Gasteiger partial charge on any atom is -0.467 e. The second-order valence-electron chi connectivity index (χ2n) is 8.49. The summed E-state index contributed by atoms with van der Waals surface area (Å²) in [6.07, 6.45) is 5.52. The Morgan fingerprint density at radius 3 is 2.85 bits per heavy atom. The average Bonchev–Trinajstić information content (AvgIpc) is 3.49. The molecule has 174 valence electrons. The molecule has 5 rings (SSSR count). The number of nitrogens with zero attached hydrogens (tertiary/aromatic N) is 5. The van der Waals surface area contributed by atoms with Gasteiger partial charge in [0.15, 0.2) is 28.9 Å². The minimum atomic E-state index is -0.589. The predicted octanol–water partition coefficient (Wildman–Crippen LogP) is 3.97. The highest BCUT2D eigenvalue weighted by atomic mass is 16.6. The van der Waals surface area contributed by atoms with Gasteiger partial charge in [-0.25, -0.2) is 19.7 Å². The number of benzene rings is 1. The number of rotatable bonds is 6. The Morgan fingerprint density at radius 1 is 1.18 bits per heavy atom. The monoisotopic (exact) mass is 458 g/mol. The first-order valence-electron chi connectivity index (χ1n) is 11.2. The second kappa shape index (κ2) is 9.18. The largest absolute Gasteiger partial charge is 0.467 e. The molecule has 0 saturated carbocycles. The summed E-state index contributed by atoms with van der Waals surface area (Å²) >= 11 is 0. The summed E-state index contributed by atoms with van der Waals surface area (Å²) < 4.78 is 12.7. The van der Waals surface area contributed by atoms with E-state index in [1.165, 1.54) is 12.7 Å². The van der Waals surface area contributed by atoms with E-state index in [-0.39, 0.29) is 12.2 Å². The molecule has 0 bridgehead atoms. The molecule has 0 spiro atoms. The first kappa shape index (κ1) is 22.0. The number of hydrogen-bond acceptors (Lipinski definition) is 8. The Kier molecular flexibility index (Phi) is 5.93. The standard InChI is InChI=1S/C25H26N6O3/c1-15-5-4-6-17(9-15)12-27-23-21-24(30-22(29-23)18-10-16(2)11-26-13-18)31(14-28-21)20-8-7-19(34-20)25(32)33-3/h4-6,9-11,13-14,19-20H,7-8,12H2,1-3H3,(H,27,29,30). The Balaban J connectivity index is 1.54. The van der Waals surface area contributed by atoms with Crippen LogP contribution in [-0.4, -0.2) is 43.7 Å². The zero-order valence-corrected chi connectivity index (χ0v) is 19.4. The second-order valence-corrected chi connectivity index (χ2v) is 8.49. The first-order valence-corrected chi connectivity index (χ1v) is 11.2. The van der Waals surface area contributed by atoms with Crippen LogP contribution in [0.15, 0.2) is 49.1 Å². The smallest absolute Gasteiger partial charge is 0.335 e. The van der Waals surface area contributed by atoms with E-state index in [2.05, 4.69) is 40.4 Å². The molecule has 2 unspecified atom stereocenters. The number of esters is 1. The molecule has 1 N–H and O–H groups in total. The average molecular weight is 459 g/mol. The fraction of sp³-hybridized carbons (Fsp3) is 0.320. The lowest BCUT2D eigenvalue weighted by Gasteiger charge is -2.15. The van der Waals surface area contributed by atoms with Crippen molar-refractivity contribution in [2.75, 3.05) is 12.4 Å². The van der Waals surface area contributed by atoms with Crippen molar-refractivity contribution >= 4 is 23.0 Å². The summed E-state index contributed by atoms with van der Waals surface area (Å²) in [6, 6.07) is 10.3. The molecule has 4 heterocycles. The molecule has 1 aliphatic rings. The highest BCUT2D eigenvalue weighted by Crippen LogP contribution is 2.33. The van der Waals surface area contributed by atoms with Gasteiger partial charge in [0.25, 0.3) is 0 Å². The van der Waals surface area contributed by atoms with E-state index < -0.39 is 6.10 Å². The van der Waals surface area contributed by atoms with Gasteiger partial charge in [0.05, 0.1) is 13.4 Å². The lowest BCUT2D eigenvalue weighted by Crippen LogP contribution is -2.22. The maximum atomic E-state index is 11.9. The highest BCUT2D eigenvalue weighted by molar-refractivity contribution is 5.85. The highest BCUT2D eigenvalue weighted by Gasteiger charge is 2.33. The molecule has 9 heteroatoms. The molecule has 34 heavy (non-hydrogen) atoms. The third-order valence-corrected chi connectivity index (χ3v) is 5.87. The summed E-state index contributed by atoms with van der Waals surface area (Å²) in [7, 11) is 1.37. The van der Waals surface area contributed by atoms with Crippen LogP contribution in [0.25, 0.3) is 22.6 Å². The van der Waals surface area contributed by atoms with Crippen LogP contribution in [0.4, 0.5) is 5.82 Å². The number of aryl methyl sites for hydroxylation is 2. The molecule has 3 aromatic heterocycles. The maximum absolute atomic E-state index is 11.9. The van der Waals surface area contributed by atoms with Crippen molar-refractivity contribution in [3.05, 3.63) is 65.7 Å². The molecule has 0 aliphatic carbocycles. The molecule has 9 nitrogen and oxygen atoms in total. The van der Waals surface area contributed by atoms with Gasteiger partial charge in [-0.3, -0.25) is 9.55 Å². The molecule has 1 aromatic carbocycles. The molecule has 0 radical (unpaired) electrons. The van der Waals surface area contributed by atoms with Gasteiger partial charge in [0.2, 0.25) is 0 Å². The van der Waals surface area contributed by atoms with Gasteiger partial charge in [0.1, 0.15) is 6.23 Å². The van der Waals surface area contributed by atoms with Crippen LogP contribution in [0, 0.1) is 13.8 Å². The number of ether oxygens (including phenoxy) is 2. The zero-order chi connectivity index (χ0) is 23.7. The van der Waals surface area contributed by atoms with E-state index in [0.717, 1.165) is 16.7 Å². The molecular weight excluding hydrogens is 432 g/mol. The van der Waals surface area contributed by atoms with Gasteiger partial charge < -0.3 is 14.8 Å². The number of carbonyl (C=O) groups excluding carboxylic acids is 1. The molecule has 2 atom stereocenters. The van der Waals surface area contributed by atoms with Crippen LogP contribution >= 0.6 is 0 Å². The lowest BCUT2D eigenvalue weighted by molar-refractivity contribution is -0.155. The summed E-state index contributed by atoms with van der Waals surface area (Å²) in [5.41, 5.74) is 5.44. The van der Waals surface area contributed by atoms with Gasteiger partial charge in [-0.2, -0.15) is 0 Å². The van der Waals surface area contributed by atoms with Crippen molar-refractivity contribution in [3.8, 4) is 11.4 Å². The fourth-order valence-corrected chi connectivity index (χ4v) is 4.19. The molecule has 4 aromatic rings.